The Labute approximate surface area is 111 Å². The third kappa shape index (κ3) is 2.61. The van der Waals surface area contributed by atoms with E-state index in [4.69, 9.17) is 5.11 Å². The molecular formula is C11H10BrFN2O3. The van der Waals surface area contributed by atoms with Gasteiger partial charge in [-0.15, -0.1) is 0 Å². The van der Waals surface area contributed by atoms with Crippen molar-refractivity contribution in [1.82, 2.24) is 10.2 Å². The Kier molecular flexibility index (Phi) is 3.51. The number of nitrogens with zero attached hydrogens (tertiary/aromatic N) is 1. The number of rotatable bonds is 3. The van der Waals surface area contributed by atoms with E-state index < -0.39 is 30.4 Å². The third-order valence-corrected chi connectivity index (χ3v) is 3.14. The van der Waals surface area contributed by atoms with Gasteiger partial charge in [0.05, 0.1) is 6.04 Å². The Morgan fingerprint density at radius 1 is 1.61 bits per heavy atom. The van der Waals surface area contributed by atoms with Crippen LogP contribution < -0.4 is 5.32 Å². The lowest BCUT2D eigenvalue weighted by molar-refractivity contribution is -0.137. The van der Waals surface area contributed by atoms with Crippen molar-refractivity contribution in [3.05, 3.63) is 34.1 Å². The van der Waals surface area contributed by atoms with Gasteiger partial charge in [-0.25, -0.2) is 9.18 Å². The van der Waals surface area contributed by atoms with Gasteiger partial charge in [-0.1, -0.05) is 15.9 Å². The van der Waals surface area contributed by atoms with Crippen LogP contribution in [0.15, 0.2) is 22.7 Å². The van der Waals surface area contributed by atoms with Gasteiger partial charge in [0.15, 0.2) is 0 Å². The first-order chi connectivity index (χ1) is 8.47. The minimum atomic E-state index is -1.10. The number of nitrogens with one attached hydrogen (secondary N) is 1. The van der Waals surface area contributed by atoms with Crippen molar-refractivity contribution in [2.45, 2.75) is 6.04 Å². The van der Waals surface area contributed by atoms with Crippen LogP contribution in [-0.4, -0.2) is 35.1 Å². The molecule has 0 saturated carbocycles. The van der Waals surface area contributed by atoms with Crippen molar-refractivity contribution in [3.63, 3.8) is 0 Å². The molecule has 0 aromatic heterocycles. The Hall–Kier alpha value is -1.63. The van der Waals surface area contributed by atoms with E-state index in [1.807, 2.05) is 0 Å². The lowest BCUT2D eigenvalue weighted by Crippen LogP contribution is -2.32. The van der Waals surface area contributed by atoms with Crippen LogP contribution in [0.1, 0.15) is 11.6 Å². The number of urea groups is 1. The van der Waals surface area contributed by atoms with E-state index in [9.17, 15) is 14.0 Å². The quantitative estimate of drug-likeness (QED) is 0.892. The monoisotopic (exact) mass is 316 g/mol. The fourth-order valence-corrected chi connectivity index (χ4v) is 2.23. The summed E-state index contributed by atoms with van der Waals surface area (Å²) in [6.45, 7) is -0.254. The number of aliphatic carboxylic acids is 1. The van der Waals surface area contributed by atoms with E-state index in [1.54, 1.807) is 12.1 Å². The molecule has 1 atom stereocenters. The van der Waals surface area contributed by atoms with Gasteiger partial charge in [-0.05, 0) is 18.2 Å². The minimum Gasteiger partial charge on any atom is -0.480 e. The number of carboxylic acids is 1. The predicted octanol–water partition coefficient (Wildman–Crippen LogP) is 1.74. The number of carbonyl (C=O) groups is 2. The molecule has 0 aliphatic carbocycles. The van der Waals surface area contributed by atoms with Crippen LogP contribution >= 0.6 is 15.9 Å². The number of halogens is 2. The zero-order valence-electron chi connectivity index (χ0n) is 9.19. The smallest absolute Gasteiger partial charge is 0.323 e. The summed E-state index contributed by atoms with van der Waals surface area (Å²) >= 11 is 3.23. The Balaban J connectivity index is 2.19. The molecule has 2 amide bonds. The van der Waals surface area contributed by atoms with E-state index >= 15 is 0 Å². The van der Waals surface area contributed by atoms with Gasteiger partial charge in [0, 0.05) is 16.6 Å². The molecule has 1 unspecified atom stereocenters. The highest BCUT2D eigenvalue weighted by molar-refractivity contribution is 9.10. The average molecular weight is 317 g/mol. The second-order valence-corrected chi connectivity index (χ2v) is 4.86. The van der Waals surface area contributed by atoms with E-state index in [-0.39, 0.29) is 6.54 Å². The predicted molar refractivity (Wildman–Crippen MR) is 64.6 cm³/mol. The summed E-state index contributed by atoms with van der Waals surface area (Å²) in [6, 6.07) is 3.40. The van der Waals surface area contributed by atoms with Gasteiger partial charge in [0.25, 0.3) is 0 Å². The molecule has 96 valence electrons. The molecule has 0 bridgehead atoms. The maximum absolute atomic E-state index is 13.6. The van der Waals surface area contributed by atoms with Gasteiger partial charge in [0.1, 0.15) is 12.4 Å². The minimum absolute atomic E-state index is 0.137. The zero-order valence-corrected chi connectivity index (χ0v) is 10.8. The molecule has 5 nitrogen and oxygen atoms in total. The maximum Gasteiger partial charge on any atom is 0.323 e. The van der Waals surface area contributed by atoms with Gasteiger partial charge < -0.3 is 15.3 Å². The van der Waals surface area contributed by atoms with Crippen LogP contribution in [0.3, 0.4) is 0 Å². The lowest BCUT2D eigenvalue weighted by atomic mass is 10.1. The number of amides is 2. The Morgan fingerprint density at radius 2 is 2.33 bits per heavy atom. The van der Waals surface area contributed by atoms with E-state index in [0.717, 1.165) is 4.90 Å². The molecule has 0 spiro atoms. The molecule has 1 aliphatic rings. The van der Waals surface area contributed by atoms with E-state index in [2.05, 4.69) is 21.2 Å². The highest BCUT2D eigenvalue weighted by Crippen LogP contribution is 2.25. The average Bonchev–Trinajstić information content (AvgIpc) is 2.63. The number of hydrogen-bond donors (Lipinski definition) is 2. The van der Waals surface area contributed by atoms with Crippen molar-refractivity contribution in [2.24, 2.45) is 0 Å². The zero-order chi connectivity index (χ0) is 13.3. The molecule has 1 aromatic carbocycles. The Bertz CT molecular complexity index is 509. The molecule has 2 N–H and O–H groups in total. The third-order valence-electron chi connectivity index (χ3n) is 2.65. The molecule has 18 heavy (non-hydrogen) atoms. The molecule has 2 rings (SSSR count). The molecule has 0 radical (unpaired) electrons. The Morgan fingerprint density at radius 3 is 3.00 bits per heavy atom. The first-order valence-electron chi connectivity index (χ1n) is 5.19. The summed E-state index contributed by atoms with van der Waals surface area (Å²) in [5.41, 5.74) is 0.339. The van der Waals surface area contributed by atoms with Gasteiger partial charge in [0.2, 0.25) is 0 Å². The number of benzene rings is 1. The fourth-order valence-electron chi connectivity index (χ4n) is 1.85. The molecule has 1 fully saturated rings. The largest absolute Gasteiger partial charge is 0.480 e. The van der Waals surface area contributed by atoms with Crippen LogP contribution in [0.5, 0.6) is 0 Å². The van der Waals surface area contributed by atoms with Gasteiger partial charge in [-0.3, -0.25) is 4.79 Å². The SMILES string of the molecule is O=C(O)CN1CC(c2cc(Br)ccc2F)NC1=O. The van der Waals surface area contributed by atoms with Crippen LogP contribution in [-0.2, 0) is 4.79 Å². The first-order valence-corrected chi connectivity index (χ1v) is 5.99. The topological polar surface area (TPSA) is 69.6 Å². The van der Waals surface area contributed by atoms with Crippen molar-refractivity contribution in [1.29, 1.82) is 0 Å². The molecular weight excluding hydrogens is 307 g/mol. The summed E-state index contributed by atoms with van der Waals surface area (Å²) < 4.78 is 14.3. The standard InChI is InChI=1S/C11H10BrFN2O3/c12-6-1-2-8(13)7(3-6)9-4-15(5-10(16)17)11(18)14-9/h1-3,9H,4-5H2,(H,14,18)(H,16,17). The van der Waals surface area contributed by atoms with E-state index in [1.165, 1.54) is 6.07 Å². The van der Waals surface area contributed by atoms with Gasteiger partial charge >= 0.3 is 12.0 Å². The summed E-state index contributed by atoms with van der Waals surface area (Å²) in [5, 5.41) is 11.2. The maximum atomic E-state index is 13.6. The van der Waals surface area contributed by atoms with Crippen LogP contribution in [0, 0.1) is 5.82 Å². The summed E-state index contributed by atoms with van der Waals surface area (Å²) in [4.78, 5) is 23.2. The van der Waals surface area contributed by atoms with Crippen LogP contribution in [0.4, 0.5) is 9.18 Å². The fraction of sp³-hybridized carbons (Fsp3) is 0.273. The highest BCUT2D eigenvalue weighted by Gasteiger charge is 2.32. The highest BCUT2D eigenvalue weighted by atomic mass is 79.9. The van der Waals surface area contributed by atoms with Crippen molar-refractivity contribution in [3.8, 4) is 0 Å². The number of hydrogen-bond acceptors (Lipinski definition) is 2. The van der Waals surface area contributed by atoms with Crippen molar-refractivity contribution in [2.75, 3.05) is 13.1 Å². The lowest BCUT2D eigenvalue weighted by Gasteiger charge is -2.12. The second-order valence-electron chi connectivity index (χ2n) is 3.94. The summed E-state index contributed by atoms with van der Waals surface area (Å²) in [7, 11) is 0. The van der Waals surface area contributed by atoms with Crippen molar-refractivity contribution >= 4 is 27.9 Å². The molecule has 1 aliphatic heterocycles. The second kappa shape index (κ2) is 4.93. The van der Waals surface area contributed by atoms with Gasteiger partial charge in [-0.2, -0.15) is 0 Å². The van der Waals surface area contributed by atoms with Crippen LogP contribution in [0.25, 0.3) is 0 Å². The number of carbonyl (C=O) groups excluding carboxylic acids is 1. The van der Waals surface area contributed by atoms with Crippen molar-refractivity contribution < 1.29 is 19.1 Å². The molecule has 1 heterocycles. The summed E-state index contributed by atoms with van der Waals surface area (Å²) in [5.74, 6) is -1.53. The summed E-state index contributed by atoms with van der Waals surface area (Å²) in [6.07, 6.45) is 0. The normalized spacial score (nSPS) is 18.9. The van der Waals surface area contributed by atoms with Crippen LogP contribution in [0.2, 0.25) is 0 Å². The number of carboxylic acid groups (broad SMARTS) is 1. The van der Waals surface area contributed by atoms with E-state index in [0.29, 0.717) is 10.0 Å². The molecule has 1 aromatic rings. The molecule has 7 heteroatoms. The molecule has 1 saturated heterocycles. The first kappa shape index (κ1) is 12.8.